The molecule has 0 aliphatic carbocycles. The maximum atomic E-state index is 10.1. The van der Waals surface area contributed by atoms with E-state index in [0.29, 0.717) is 13.0 Å². The topological polar surface area (TPSA) is 72.5 Å². The lowest BCUT2D eigenvalue weighted by Gasteiger charge is -2.17. The van der Waals surface area contributed by atoms with Crippen molar-refractivity contribution < 1.29 is 14.6 Å². The van der Waals surface area contributed by atoms with Crippen LogP contribution in [0.15, 0.2) is 18.2 Å². The van der Waals surface area contributed by atoms with Gasteiger partial charge in [-0.05, 0) is 48.3 Å². The van der Waals surface area contributed by atoms with Crippen LogP contribution in [0.5, 0.6) is 5.75 Å². The summed E-state index contributed by atoms with van der Waals surface area (Å²) in [5.74, 6) is 0.350. The molecule has 0 unspecified atom stereocenters. The summed E-state index contributed by atoms with van der Waals surface area (Å²) in [6.07, 6.45) is 4.33. The Morgan fingerprint density at radius 3 is 2.68 bits per heavy atom. The van der Waals surface area contributed by atoms with Crippen molar-refractivity contribution in [1.29, 1.82) is 0 Å². The summed E-state index contributed by atoms with van der Waals surface area (Å²) in [5, 5.41) is 8.31. The van der Waals surface area contributed by atoms with E-state index in [1.54, 1.807) is 0 Å². The number of hydrogen-bond acceptors (Lipinski definition) is 3. The number of hydrogen-bond donors (Lipinski definition) is 2. The number of carbonyl (C=O) groups is 1. The number of nitrogens with two attached hydrogens (primary N) is 1. The largest absolute Gasteiger partial charge is 0.493 e. The number of carboxylic acid groups (broad SMARTS) is 1. The fourth-order valence-corrected chi connectivity index (χ4v) is 2.31. The molecule has 1 aromatic carbocycles. The van der Waals surface area contributed by atoms with Gasteiger partial charge in [-0.15, -0.1) is 0 Å². The minimum absolute atomic E-state index is 0.273. The molecule has 0 atom stereocenters. The van der Waals surface area contributed by atoms with Crippen molar-refractivity contribution in [3.05, 3.63) is 29.3 Å². The van der Waals surface area contributed by atoms with Crippen molar-refractivity contribution in [2.24, 2.45) is 11.1 Å². The third-order valence-corrected chi connectivity index (χ3v) is 3.53. The summed E-state index contributed by atoms with van der Waals surface area (Å²) in [4.78, 5) is 10.1. The van der Waals surface area contributed by atoms with Crippen LogP contribution in [0.2, 0.25) is 0 Å². The smallest absolute Gasteiger partial charge is 0.303 e. The molecule has 124 valence electrons. The van der Waals surface area contributed by atoms with Gasteiger partial charge in [-0.1, -0.05) is 32.9 Å². The average molecular weight is 307 g/mol. The van der Waals surface area contributed by atoms with Crippen molar-refractivity contribution >= 4 is 5.97 Å². The first-order valence-electron chi connectivity index (χ1n) is 7.98. The van der Waals surface area contributed by atoms with Gasteiger partial charge >= 0.3 is 5.97 Å². The number of aryl methyl sites for hydroxylation is 1. The molecule has 1 aromatic rings. The Hall–Kier alpha value is -1.55. The molecule has 2 rings (SSSR count). The van der Waals surface area contributed by atoms with Crippen LogP contribution in [0.25, 0.3) is 0 Å². The second-order valence-corrected chi connectivity index (χ2v) is 6.91. The molecular formula is C18H29NO3. The minimum Gasteiger partial charge on any atom is -0.493 e. The highest BCUT2D eigenvalue weighted by Crippen LogP contribution is 2.25. The quantitative estimate of drug-likeness (QED) is 0.888. The maximum absolute atomic E-state index is 10.1. The van der Waals surface area contributed by atoms with Crippen LogP contribution in [0, 0.1) is 5.41 Å². The van der Waals surface area contributed by atoms with Gasteiger partial charge in [-0.25, -0.2) is 0 Å². The summed E-state index contributed by atoms with van der Waals surface area (Å²) >= 11 is 0. The van der Waals surface area contributed by atoms with Crippen molar-refractivity contribution in [2.75, 3.05) is 6.61 Å². The molecule has 0 amide bonds. The zero-order valence-electron chi connectivity index (χ0n) is 14.0. The molecule has 0 saturated heterocycles. The third-order valence-electron chi connectivity index (χ3n) is 3.53. The second-order valence-electron chi connectivity index (χ2n) is 6.91. The Morgan fingerprint density at radius 1 is 1.36 bits per heavy atom. The number of ether oxygens (including phenoxy) is 1. The van der Waals surface area contributed by atoms with Gasteiger partial charge in [0, 0.05) is 13.0 Å². The number of aliphatic carboxylic acids is 1. The van der Waals surface area contributed by atoms with E-state index in [1.807, 2.05) is 12.1 Å². The molecule has 1 heterocycles. The van der Waals surface area contributed by atoms with Gasteiger partial charge < -0.3 is 15.6 Å². The molecule has 22 heavy (non-hydrogen) atoms. The molecule has 0 radical (unpaired) electrons. The lowest BCUT2D eigenvalue weighted by Crippen LogP contribution is -2.09. The van der Waals surface area contributed by atoms with Gasteiger partial charge in [0.15, 0.2) is 0 Å². The first kappa shape index (κ1) is 18.5. The minimum atomic E-state index is -0.691. The SMILES string of the molecule is CC(C)(C)CCCC(=O)O.NCc1ccc2c(c1)CCCO2. The van der Waals surface area contributed by atoms with Gasteiger partial charge in [0.25, 0.3) is 0 Å². The molecule has 0 spiro atoms. The standard InChI is InChI=1S/C10H13NO.C8H16O2/c11-7-8-3-4-10-9(6-8)2-1-5-12-10;1-8(2,3)6-4-5-7(9)10/h3-4,6H,1-2,5,7,11H2;4-6H2,1-3H3,(H,9,10). The van der Waals surface area contributed by atoms with Crippen molar-refractivity contribution in [1.82, 2.24) is 0 Å². The number of rotatable bonds is 4. The highest BCUT2D eigenvalue weighted by Gasteiger charge is 2.10. The summed E-state index contributed by atoms with van der Waals surface area (Å²) in [5.41, 5.74) is 8.32. The van der Waals surface area contributed by atoms with E-state index >= 15 is 0 Å². The molecular weight excluding hydrogens is 278 g/mol. The number of fused-ring (bicyclic) bond motifs is 1. The molecule has 1 aliphatic rings. The fourth-order valence-electron chi connectivity index (χ4n) is 2.31. The van der Waals surface area contributed by atoms with Crippen LogP contribution in [0.4, 0.5) is 0 Å². The molecule has 1 aliphatic heterocycles. The predicted octanol–water partition coefficient (Wildman–Crippen LogP) is 3.76. The van der Waals surface area contributed by atoms with E-state index < -0.39 is 5.97 Å². The Kier molecular flexibility index (Phi) is 7.39. The molecule has 0 saturated carbocycles. The zero-order valence-corrected chi connectivity index (χ0v) is 14.0. The lowest BCUT2D eigenvalue weighted by molar-refractivity contribution is -0.137. The van der Waals surface area contributed by atoms with Gasteiger partial charge in [-0.2, -0.15) is 0 Å². The average Bonchev–Trinajstić information content (AvgIpc) is 2.45. The van der Waals surface area contributed by atoms with Crippen LogP contribution in [0.3, 0.4) is 0 Å². The highest BCUT2D eigenvalue weighted by molar-refractivity contribution is 5.66. The molecule has 4 heteroatoms. The fraction of sp³-hybridized carbons (Fsp3) is 0.611. The van der Waals surface area contributed by atoms with E-state index in [0.717, 1.165) is 38.0 Å². The molecule has 3 N–H and O–H groups in total. The first-order valence-corrected chi connectivity index (χ1v) is 7.98. The second kappa shape index (κ2) is 8.79. The van der Waals surface area contributed by atoms with Crippen LogP contribution in [-0.2, 0) is 17.8 Å². The predicted molar refractivity (Wildman–Crippen MR) is 89.1 cm³/mol. The normalized spacial score (nSPS) is 13.5. The van der Waals surface area contributed by atoms with E-state index in [4.69, 9.17) is 15.6 Å². The molecule has 0 fully saturated rings. The van der Waals surface area contributed by atoms with Crippen LogP contribution in [0.1, 0.15) is 57.6 Å². The van der Waals surface area contributed by atoms with Crippen molar-refractivity contribution in [3.63, 3.8) is 0 Å². The summed E-state index contributed by atoms with van der Waals surface area (Å²) < 4.78 is 5.48. The Bertz CT molecular complexity index is 478. The van der Waals surface area contributed by atoms with Crippen LogP contribution >= 0.6 is 0 Å². The third kappa shape index (κ3) is 7.46. The Balaban J connectivity index is 0.000000225. The van der Waals surface area contributed by atoms with E-state index in [-0.39, 0.29) is 5.41 Å². The summed E-state index contributed by atoms with van der Waals surface area (Å²) in [6, 6.07) is 6.20. The first-order chi connectivity index (χ1) is 10.3. The van der Waals surface area contributed by atoms with E-state index in [9.17, 15) is 4.79 Å². The monoisotopic (exact) mass is 307 g/mol. The molecule has 4 nitrogen and oxygen atoms in total. The van der Waals surface area contributed by atoms with Crippen molar-refractivity contribution in [3.8, 4) is 5.75 Å². The summed E-state index contributed by atoms with van der Waals surface area (Å²) in [7, 11) is 0. The van der Waals surface area contributed by atoms with Gasteiger partial charge in [-0.3, -0.25) is 4.79 Å². The highest BCUT2D eigenvalue weighted by atomic mass is 16.5. The van der Waals surface area contributed by atoms with Crippen molar-refractivity contribution in [2.45, 2.75) is 59.4 Å². The van der Waals surface area contributed by atoms with E-state index in [2.05, 4.69) is 26.8 Å². The lowest BCUT2D eigenvalue weighted by atomic mass is 9.90. The van der Waals surface area contributed by atoms with Gasteiger partial charge in [0.1, 0.15) is 5.75 Å². The van der Waals surface area contributed by atoms with Gasteiger partial charge in [0.2, 0.25) is 0 Å². The molecule has 0 aromatic heterocycles. The molecule has 0 bridgehead atoms. The number of carboxylic acids is 1. The zero-order chi connectivity index (χ0) is 16.6. The van der Waals surface area contributed by atoms with Gasteiger partial charge in [0.05, 0.1) is 6.61 Å². The Morgan fingerprint density at radius 2 is 2.09 bits per heavy atom. The van der Waals surface area contributed by atoms with Crippen LogP contribution < -0.4 is 10.5 Å². The maximum Gasteiger partial charge on any atom is 0.303 e. The number of benzene rings is 1. The Labute approximate surface area is 133 Å². The summed E-state index contributed by atoms with van der Waals surface area (Å²) in [6.45, 7) is 7.83. The van der Waals surface area contributed by atoms with E-state index in [1.165, 1.54) is 11.1 Å². The van der Waals surface area contributed by atoms with Crippen LogP contribution in [-0.4, -0.2) is 17.7 Å².